The molecule has 0 aliphatic rings. The van der Waals surface area contributed by atoms with Gasteiger partial charge in [0, 0.05) is 6.42 Å². The Morgan fingerprint density at radius 1 is 0.895 bits per heavy atom. The van der Waals surface area contributed by atoms with Crippen LogP contribution in [0.2, 0.25) is 0 Å². The zero-order valence-electron chi connectivity index (χ0n) is 12.9. The topological polar surface area (TPSA) is 37.3 Å². The van der Waals surface area contributed by atoms with Gasteiger partial charge in [0.1, 0.15) is 0 Å². The molecular formula is C17H32O2. The molecule has 0 heterocycles. The highest BCUT2D eigenvalue weighted by Gasteiger charge is 1.96. The molecule has 0 atom stereocenters. The van der Waals surface area contributed by atoms with Crippen molar-refractivity contribution >= 4 is 5.97 Å². The zero-order chi connectivity index (χ0) is 14.3. The highest BCUT2D eigenvalue weighted by atomic mass is 16.4. The minimum atomic E-state index is -0.666. The van der Waals surface area contributed by atoms with Gasteiger partial charge in [-0.15, -0.1) is 0 Å². The van der Waals surface area contributed by atoms with Crippen molar-refractivity contribution in [2.24, 2.45) is 5.92 Å². The Hall–Kier alpha value is -0.790. The van der Waals surface area contributed by atoms with Crippen LogP contribution in [0.3, 0.4) is 0 Å². The molecule has 0 aromatic heterocycles. The number of carboxylic acid groups (broad SMARTS) is 1. The molecule has 2 heteroatoms. The van der Waals surface area contributed by atoms with Crippen LogP contribution in [0.15, 0.2) is 12.2 Å². The van der Waals surface area contributed by atoms with Crippen molar-refractivity contribution in [1.82, 2.24) is 0 Å². The summed E-state index contributed by atoms with van der Waals surface area (Å²) < 4.78 is 0. The van der Waals surface area contributed by atoms with E-state index in [4.69, 9.17) is 5.11 Å². The van der Waals surface area contributed by atoms with Crippen LogP contribution in [-0.2, 0) is 4.79 Å². The maximum Gasteiger partial charge on any atom is 0.303 e. The third-order valence-corrected chi connectivity index (χ3v) is 3.33. The van der Waals surface area contributed by atoms with E-state index in [-0.39, 0.29) is 0 Å². The first-order valence-corrected chi connectivity index (χ1v) is 7.99. The van der Waals surface area contributed by atoms with Crippen LogP contribution in [0.25, 0.3) is 0 Å². The van der Waals surface area contributed by atoms with Gasteiger partial charge in [-0.3, -0.25) is 4.79 Å². The van der Waals surface area contributed by atoms with Gasteiger partial charge >= 0.3 is 5.97 Å². The number of unbranched alkanes of at least 4 members (excludes halogenated alkanes) is 7. The average Bonchev–Trinajstić information content (AvgIpc) is 2.34. The van der Waals surface area contributed by atoms with E-state index in [0.717, 1.165) is 18.8 Å². The molecule has 0 fully saturated rings. The normalized spacial score (nSPS) is 11.5. The Balaban J connectivity index is 3.10. The number of carboxylic acids is 1. The molecular weight excluding hydrogens is 236 g/mol. The number of rotatable bonds is 13. The van der Waals surface area contributed by atoms with Gasteiger partial charge in [0.2, 0.25) is 0 Å². The first-order chi connectivity index (χ1) is 9.13. The predicted octanol–water partition coefficient (Wildman–Crippen LogP) is 5.57. The number of hydrogen-bond acceptors (Lipinski definition) is 1. The quantitative estimate of drug-likeness (QED) is 0.350. The molecule has 0 amide bonds. The molecule has 0 radical (unpaired) electrons. The van der Waals surface area contributed by atoms with E-state index in [0.29, 0.717) is 6.42 Å². The average molecular weight is 268 g/mol. The zero-order valence-corrected chi connectivity index (χ0v) is 12.9. The van der Waals surface area contributed by atoms with E-state index in [1.165, 1.54) is 51.4 Å². The van der Waals surface area contributed by atoms with Gasteiger partial charge < -0.3 is 5.11 Å². The van der Waals surface area contributed by atoms with Crippen LogP contribution in [0.5, 0.6) is 0 Å². The van der Waals surface area contributed by atoms with Crippen LogP contribution < -0.4 is 0 Å². The second-order valence-corrected chi connectivity index (χ2v) is 5.85. The van der Waals surface area contributed by atoms with Crippen molar-refractivity contribution < 1.29 is 9.90 Å². The van der Waals surface area contributed by atoms with Crippen LogP contribution in [0.4, 0.5) is 0 Å². The minimum absolute atomic E-state index is 0.330. The standard InChI is InChI=1S/C17H32O2/c1-16(2)14-12-10-8-6-4-3-5-7-9-11-13-15-17(18)19/h4,6,16H,3,5,7-15H2,1-2H3,(H,18,19)/b6-4+. The maximum atomic E-state index is 10.3. The Bertz CT molecular complexity index is 231. The van der Waals surface area contributed by atoms with E-state index in [1.54, 1.807) is 0 Å². The van der Waals surface area contributed by atoms with Gasteiger partial charge in [-0.1, -0.05) is 58.1 Å². The summed E-state index contributed by atoms with van der Waals surface area (Å²) in [6, 6.07) is 0. The highest BCUT2D eigenvalue weighted by Crippen LogP contribution is 2.10. The summed E-state index contributed by atoms with van der Waals surface area (Å²) >= 11 is 0. The van der Waals surface area contributed by atoms with Crippen LogP contribution >= 0.6 is 0 Å². The summed E-state index contributed by atoms with van der Waals surface area (Å²) in [5.41, 5.74) is 0. The molecule has 0 saturated carbocycles. The molecule has 0 aromatic rings. The lowest BCUT2D eigenvalue weighted by Gasteiger charge is -2.01. The van der Waals surface area contributed by atoms with Crippen molar-refractivity contribution in [3.63, 3.8) is 0 Å². The van der Waals surface area contributed by atoms with Gasteiger partial charge in [0.25, 0.3) is 0 Å². The third kappa shape index (κ3) is 17.2. The lowest BCUT2D eigenvalue weighted by molar-refractivity contribution is -0.137. The molecule has 0 aromatic carbocycles. The Morgan fingerprint density at radius 3 is 2.00 bits per heavy atom. The van der Waals surface area contributed by atoms with Crippen molar-refractivity contribution in [3.8, 4) is 0 Å². The number of aliphatic carboxylic acids is 1. The fraction of sp³-hybridized carbons (Fsp3) is 0.824. The summed E-state index contributed by atoms with van der Waals surface area (Å²) in [6.45, 7) is 4.57. The Kier molecular flexibility index (Phi) is 13.1. The molecule has 19 heavy (non-hydrogen) atoms. The molecule has 0 spiro atoms. The summed E-state index contributed by atoms with van der Waals surface area (Å²) in [6.07, 6.45) is 17.0. The van der Waals surface area contributed by atoms with Crippen LogP contribution in [0.1, 0.15) is 84.5 Å². The molecule has 2 nitrogen and oxygen atoms in total. The molecule has 0 rings (SSSR count). The second kappa shape index (κ2) is 13.6. The monoisotopic (exact) mass is 268 g/mol. The van der Waals surface area contributed by atoms with E-state index in [9.17, 15) is 4.79 Å². The van der Waals surface area contributed by atoms with E-state index >= 15 is 0 Å². The number of carbonyl (C=O) groups is 1. The van der Waals surface area contributed by atoms with Gasteiger partial charge in [0.15, 0.2) is 0 Å². The van der Waals surface area contributed by atoms with E-state index in [1.807, 2.05) is 0 Å². The molecule has 0 bridgehead atoms. The van der Waals surface area contributed by atoms with Crippen molar-refractivity contribution in [1.29, 1.82) is 0 Å². The molecule has 0 aliphatic heterocycles. The summed E-state index contributed by atoms with van der Waals surface area (Å²) in [4.78, 5) is 10.3. The lowest BCUT2D eigenvalue weighted by Crippen LogP contribution is -1.93. The Morgan fingerprint density at radius 2 is 1.42 bits per heavy atom. The van der Waals surface area contributed by atoms with Gasteiger partial charge in [-0.25, -0.2) is 0 Å². The second-order valence-electron chi connectivity index (χ2n) is 5.85. The summed E-state index contributed by atoms with van der Waals surface area (Å²) in [5.74, 6) is 0.172. The maximum absolute atomic E-state index is 10.3. The van der Waals surface area contributed by atoms with Gasteiger partial charge in [0.05, 0.1) is 0 Å². The molecule has 1 N–H and O–H groups in total. The van der Waals surface area contributed by atoms with Crippen molar-refractivity contribution in [2.45, 2.75) is 84.5 Å². The molecule has 0 saturated heterocycles. The summed E-state index contributed by atoms with van der Waals surface area (Å²) in [5, 5.41) is 8.50. The highest BCUT2D eigenvalue weighted by molar-refractivity contribution is 5.66. The molecule has 112 valence electrons. The number of allylic oxidation sites excluding steroid dienone is 2. The molecule has 0 unspecified atom stereocenters. The SMILES string of the molecule is CC(C)CCCC/C=C/CCCCCCCC(=O)O. The van der Waals surface area contributed by atoms with Crippen LogP contribution in [-0.4, -0.2) is 11.1 Å². The number of hydrogen-bond donors (Lipinski definition) is 1. The van der Waals surface area contributed by atoms with Gasteiger partial charge in [-0.2, -0.15) is 0 Å². The largest absolute Gasteiger partial charge is 0.481 e. The van der Waals surface area contributed by atoms with Crippen LogP contribution in [0, 0.1) is 5.92 Å². The fourth-order valence-electron chi connectivity index (χ4n) is 2.12. The van der Waals surface area contributed by atoms with E-state index in [2.05, 4.69) is 26.0 Å². The summed E-state index contributed by atoms with van der Waals surface area (Å²) in [7, 11) is 0. The third-order valence-electron chi connectivity index (χ3n) is 3.33. The first kappa shape index (κ1) is 18.2. The smallest absolute Gasteiger partial charge is 0.303 e. The fourth-order valence-corrected chi connectivity index (χ4v) is 2.12. The predicted molar refractivity (Wildman–Crippen MR) is 82.4 cm³/mol. The first-order valence-electron chi connectivity index (χ1n) is 7.99. The van der Waals surface area contributed by atoms with Gasteiger partial charge in [-0.05, 0) is 38.0 Å². The minimum Gasteiger partial charge on any atom is -0.481 e. The Labute approximate surface area is 119 Å². The molecule has 0 aliphatic carbocycles. The van der Waals surface area contributed by atoms with Crippen molar-refractivity contribution in [3.05, 3.63) is 12.2 Å². The lowest BCUT2D eigenvalue weighted by atomic mass is 10.0. The van der Waals surface area contributed by atoms with E-state index < -0.39 is 5.97 Å². The van der Waals surface area contributed by atoms with Crippen molar-refractivity contribution in [2.75, 3.05) is 0 Å².